The lowest BCUT2D eigenvalue weighted by Gasteiger charge is -2.36. The third-order valence-electron chi connectivity index (χ3n) is 4.63. The summed E-state index contributed by atoms with van der Waals surface area (Å²) < 4.78 is 18.5. The molecule has 1 fully saturated rings. The molecule has 0 aromatic heterocycles. The molecule has 0 saturated carbocycles. The molecule has 1 aliphatic heterocycles. The predicted octanol–water partition coefficient (Wildman–Crippen LogP) is 2.77. The summed E-state index contributed by atoms with van der Waals surface area (Å²) in [6, 6.07) is 10.8. The van der Waals surface area contributed by atoms with Gasteiger partial charge >= 0.3 is 0 Å². The summed E-state index contributed by atoms with van der Waals surface area (Å²) in [7, 11) is 0. The van der Waals surface area contributed by atoms with E-state index in [1.165, 1.54) is 24.3 Å². The number of ether oxygens (including phenoxy) is 1. The van der Waals surface area contributed by atoms with Gasteiger partial charge in [-0.25, -0.2) is 4.39 Å². The molecule has 2 aromatic carbocycles. The number of nitro groups is 1. The van der Waals surface area contributed by atoms with Crippen LogP contribution in [-0.2, 0) is 4.79 Å². The number of nitrogens with zero attached hydrogens (tertiary/aromatic N) is 3. The molecule has 0 aliphatic carbocycles. The van der Waals surface area contributed by atoms with Crippen LogP contribution in [0.25, 0.3) is 0 Å². The van der Waals surface area contributed by atoms with Crippen LogP contribution in [0, 0.1) is 22.9 Å². The van der Waals surface area contributed by atoms with Crippen molar-refractivity contribution in [3.63, 3.8) is 0 Å². The maximum Gasteiger partial charge on any atom is 0.276 e. The van der Waals surface area contributed by atoms with E-state index < -0.39 is 4.92 Å². The average molecular weight is 373 g/mol. The van der Waals surface area contributed by atoms with Gasteiger partial charge in [0.15, 0.2) is 6.61 Å². The summed E-state index contributed by atoms with van der Waals surface area (Å²) in [5.41, 5.74) is 1.29. The number of amides is 1. The Hall–Kier alpha value is -3.16. The third kappa shape index (κ3) is 4.33. The molecule has 0 N–H and O–H groups in total. The van der Waals surface area contributed by atoms with Crippen LogP contribution < -0.4 is 9.64 Å². The largest absolute Gasteiger partial charge is 0.483 e. The summed E-state index contributed by atoms with van der Waals surface area (Å²) in [5, 5.41) is 11.0. The van der Waals surface area contributed by atoms with Gasteiger partial charge in [-0.1, -0.05) is 6.07 Å². The van der Waals surface area contributed by atoms with Crippen molar-refractivity contribution in [3.05, 3.63) is 64.0 Å². The molecule has 0 spiro atoms. The zero-order valence-corrected chi connectivity index (χ0v) is 14.9. The second-order valence-electron chi connectivity index (χ2n) is 6.29. The first-order chi connectivity index (χ1) is 13.0. The van der Waals surface area contributed by atoms with Gasteiger partial charge in [0.25, 0.3) is 11.6 Å². The molecule has 8 heteroatoms. The Balaban J connectivity index is 1.54. The van der Waals surface area contributed by atoms with Gasteiger partial charge in [-0.3, -0.25) is 14.9 Å². The Bertz CT molecular complexity index is 833. The van der Waals surface area contributed by atoms with Gasteiger partial charge < -0.3 is 14.5 Å². The SMILES string of the molecule is Cc1c(OCC(=O)N2CCN(c3ccc(F)cc3)CC2)cccc1[N+](=O)[O-]. The number of hydrogen-bond donors (Lipinski definition) is 0. The summed E-state index contributed by atoms with van der Waals surface area (Å²) in [6.45, 7) is 3.79. The Kier molecular flexibility index (Phi) is 5.54. The van der Waals surface area contributed by atoms with Gasteiger partial charge in [0.1, 0.15) is 11.6 Å². The normalized spacial score (nSPS) is 14.1. The monoisotopic (exact) mass is 373 g/mol. The van der Waals surface area contributed by atoms with E-state index in [0.717, 1.165) is 5.69 Å². The highest BCUT2D eigenvalue weighted by molar-refractivity contribution is 5.78. The maximum absolute atomic E-state index is 13.0. The van der Waals surface area contributed by atoms with Crippen LogP contribution in [0.4, 0.5) is 15.8 Å². The van der Waals surface area contributed by atoms with Gasteiger partial charge in [-0.15, -0.1) is 0 Å². The molecule has 0 bridgehead atoms. The van der Waals surface area contributed by atoms with Crippen LogP contribution >= 0.6 is 0 Å². The minimum Gasteiger partial charge on any atom is -0.483 e. The highest BCUT2D eigenvalue weighted by atomic mass is 19.1. The van der Waals surface area contributed by atoms with E-state index in [4.69, 9.17) is 4.74 Å². The van der Waals surface area contributed by atoms with Crippen molar-refractivity contribution in [3.8, 4) is 5.75 Å². The molecule has 1 amide bonds. The number of halogens is 1. The molecule has 2 aromatic rings. The lowest BCUT2D eigenvalue weighted by molar-refractivity contribution is -0.385. The molecule has 27 heavy (non-hydrogen) atoms. The van der Waals surface area contributed by atoms with Crippen LogP contribution in [0.5, 0.6) is 5.75 Å². The molecule has 1 aliphatic rings. The first kappa shape index (κ1) is 18.6. The van der Waals surface area contributed by atoms with Gasteiger partial charge in [0.2, 0.25) is 0 Å². The zero-order chi connectivity index (χ0) is 19.4. The Morgan fingerprint density at radius 1 is 1.15 bits per heavy atom. The van der Waals surface area contributed by atoms with Crippen molar-refractivity contribution in [1.82, 2.24) is 4.90 Å². The van der Waals surface area contributed by atoms with Crippen molar-refractivity contribution < 1.29 is 18.8 Å². The minimum absolute atomic E-state index is 0.0344. The average Bonchev–Trinajstić information content (AvgIpc) is 2.67. The number of benzene rings is 2. The number of hydrogen-bond acceptors (Lipinski definition) is 5. The second kappa shape index (κ2) is 8.03. The molecular formula is C19H20FN3O4. The fourth-order valence-electron chi connectivity index (χ4n) is 3.05. The first-order valence-electron chi connectivity index (χ1n) is 8.61. The summed E-state index contributed by atoms with van der Waals surface area (Å²) in [6.07, 6.45) is 0. The van der Waals surface area contributed by atoms with Crippen LogP contribution in [0.3, 0.4) is 0 Å². The van der Waals surface area contributed by atoms with Crippen molar-refractivity contribution in [2.24, 2.45) is 0 Å². The number of carbonyl (C=O) groups is 1. The van der Waals surface area contributed by atoms with E-state index >= 15 is 0 Å². The number of piperazine rings is 1. The van der Waals surface area contributed by atoms with Crippen molar-refractivity contribution in [2.45, 2.75) is 6.92 Å². The Labute approximate surface area is 156 Å². The smallest absolute Gasteiger partial charge is 0.276 e. The van der Waals surface area contributed by atoms with E-state index in [-0.39, 0.29) is 24.0 Å². The predicted molar refractivity (Wildman–Crippen MR) is 98.5 cm³/mol. The van der Waals surface area contributed by atoms with Crippen LogP contribution in [0.2, 0.25) is 0 Å². The van der Waals surface area contributed by atoms with Crippen LogP contribution in [0.15, 0.2) is 42.5 Å². The standard InChI is InChI=1S/C19H20FN3O4/c1-14-17(23(25)26)3-2-4-18(14)27-13-19(24)22-11-9-21(10-12-22)16-7-5-15(20)6-8-16/h2-8H,9-13H2,1H3. The molecular weight excluding hydrogens is 353 g/mol. The molecule has 142 valence electrons. The number of rotatable bonds is 5. The first-order valence-corrected chi connectivity index (χ1v) is 8.61. The minimum atomic E-state index is -0.474. The van der Waals surface area contributed by atoms with Gasteiger partial charge in [-0.2, -0.15) is 0 Å². The van der Waals surface area contributed by atoms with Crippen LogP contribution in [0.1, 0.15) is 5.56 Å². The van der Waals surface area contributed by atoms with Gasteiger partial charge in [0, 0.05) is 37.9 Å². The maximum atomic E-state index is 13.0. The van der Waals surface area contributed by atoms with Gasteiger partial charge in [-0.05, 0) is 37.3 Å². The summed E-state index contributed by atoms with van der Waals surface area (Å²) in [4.78, 5) is 26.7. The molecule has 1 heterocycles. The summed E-state index contributed by atoms with van der Waals surface area (Å²) >= 11 is 0. The zero-order valence-electron chi connectivity index (χ0n) is 14.9. The molecule has 3 rings (SSSR count). The molecule has 0 atom stereocenters. The lowest BCUT2D eigenvalue weighted by Crippen LogP contribution is -2.50. The number of nitro benzene ring substituents is 1. The van der Waals surface area contributed by atoms with E-state index in [0.29, 0.717) is 37.5 Å². The van der Waals surface area contributed by atoms with Crippen molar-refractivity contribution >= 4 is 17.3 Å². The lowest BCUT2D eigenvalue weighted by atomic mass is 10.2. The van der Waals surface area contributed by atoms with Crippen molar-refractivity contribution in [1.29, 1.82) is 0 Å². The van der Waals surface area contributed by atoms with E-state index in [2.05, 4.69) is 4.90 Å². The summed E-state index contributed by atoms with van der Waals surface area (Å²) in [5.74, 6) is -0.108. The number of anilines is 1. The molecule has 0 radical (unpaired) electrons. The second-order valence-corrected chi connectivity index (χ2v) is 6.29. The number of carbonyl (C=O) groups excluding carboxylic acids is 1. The molecule has 0 unspecified atom stereocenters. The van der Waals surface area contributed by atoms with E-state index in [9.17, 15) is 19.3 Å². The quantitative estimate of drug-likeness (QED) is 0.595. The van der Waals surface area contributed by atoms with E-state index in [1.54, 1.807) is 30.0 Å². The topological polar surface area (TPSA) is 75.9 Å². The molecule has 7 nitrogen and oxygen atoms in total. The van der Waals surface area contributed by atoms with Crippen LogP contribution in [-0.4, -0.2) is 48.5 Å². The van der Waals surface area contributed by atoms with Gasteiger partial charge in [0.05, 0.1) is 10.5 Å². The van der Waals surface area contributed by atoms with E-state index in [1.807, 2.05) is 0 Å². The molecule has 1 saturated heterocycles. The third-order valence-corrected chi connectivity index (χ3v) is 4.63. The fourth-order valence-corrected chi connectivity index (χ4v) is 3.05. The fraction of sp³-hybridized carbons (Fsp3) is 0.316. The Morgan fingerprint density at radius 2 is 1.81 bits per heavy atom. The highest BCUT2D eigenvalue weighted by Gasteiger charge is 2.22. The Morgan fingerprint density at radius 3 is 2.44 bits per heavy atom. The highest BCUT2D eigenvalue weighted by Crippen LogP contribution is 2.27. The van der Waals surface area contributed by atoms with Crippen molar-refractivity contribution in [2.75, 3.05) is 37.7 Å².